The summed E-state index contributed by atoms with van der Waals surface area (Å²) in [7, 11) is -6.00. The van der Waals surface area contributed by atoms with Crippen molar-refractivity contribution in [2.45, 2.75) is 13.8 Å². The molecule has 0 aliphatic rings. The van der Waals surface area contributed by atoms with Gasteiger partial charge in [0.2, 0.25) is 11.2 Å². The lowest BCUT2D eigenvalue weighted by Gasteiger charge is -1.96. The van der Waals surface area contributed by atoms with Gasteiger partial charge in [0, 0.05) is 5.56 Å². The van der Waals surface area contributed by atoms with Crippen molar-refractivity contribution in [2.75, 3.05) is 0 Å². The van der Waals surface area contributed by atoms with Crippen LogP contribution in [0.1, 0.15) is 11.1 Å². The first-order valence-corrected chi connectivity index (χ1v) is 4.25. The molecule has 0 saturated heterocycles. The second-order valence-electron chi connectivity index (χ2n) is 3.06. The molecule has 9 heteroatoms. The van der Waals surface area contributed by atoms with Crippen molar-refractivity contribution >= 4 is 12.9 Å². The van der Waals surface area contributed by atoms with Gasteiger partial charge in [-0.15, -0.1) is 0 Å². The molecule has 0 atom stereocenters. The van der Waals surface area contributed by atoms with Gasteiger partial charge in [-0.1, -0.05) is 0 Å². The lowest BCUT2D eigenvalue weighted by molar-refractivity contribution is 0.368. The Morgan fingerprint density at radius 2 is 1.53 bits per heavy atom. The Balaban J connectivity index is 0.000000437. The van der Waals surface area contributed by atoms with Crippen molar-refractivity contribution in [3.05, 3.63) is 33.8 Å². The lowest BCUT2D eigenvalue weighted by Crippen LogP contribution is -2.02. The number of aryl methyl sites for hydroxylation is 1. The van der Waals surface area contributed by atoms with Gasteiger partial charge in [-0.2, -0.15) is 4.39 Å². The topological polar surface area (TPSA) is 28.1 Å². The first kappa shape index (κ1) is 15.3. The van der Waals surface area contributed by atoms with Crippen LogP contribution in [0.2, 0.25) is 0 Å². The van der Waals surface area contributed by atoms with Crippen molar-refractivity contribution in [1.29, 1.82) is 5.39 Å². The summed E-state index contributed by atoms with van der Waals surface area (Å²) in [6.45, 7) is 2.76. The van der Waals surface area contributed by atoms with E-state index >= 15 is 0 Å². The third kappa shape index (κ3) is 5.24. The predicted molar refractivity (Wildman–Crippen MR) is 50.8 cm³/mol. The first-order valence-electron chi connectivity index (χ1n) is 4.25. The number of hydrogen-bond donors (Lipinski definition) is 0. The number of benzene rings is 1. The molecule has 0 N–H and O–H groups in total. The maximum Gasteiger partial charge on any atom is 0.673 e. The highest BCUT2D eigenvalue weighted by molar-refractivity contribution is 6.50. The maximum atomic E-state index is 13.0. The number of diazo groups is 1. The van der Waals surface area contributed by atoms with E-state index in [9.17, 15) is 26.0 Å². The van der Waals surface area contributed by atoms with Crippen LogP contribution < -0.4 is 0 Å². The summed E-state index contributed by atoms with van der Waals surface area (Å²) in [5.74, 6) is -1.44. The summed E-state index contributed by atoms with van der Waals surface area (Å²) < 4.78 is 64.8. The van der Waals surface area contributed by atoms with Gasteiger partial charge in [0.25, 0.3) is 0 Å². The summed E-state index contributed by atoms with van der Waals surface area (Å²) in [5.41, 5.74) is -0.0552. The second-order valence-corrected chi connectivity index (χ2v) is 3.06. The second kappa shape index (κ2) is 5.56. The van der Waals surface area contributed by atoms with Crippen LogP contribution in [0.4, 0.5) is 31.7 Å². The van der Waals surface area contributed by atoms with E-state index in [0.717, 1.165) is 6.07 Å². The highest BCUT2D eigenvalue weighted by Crippen LogP contribution is 2.27. The van der Waals surface area contributed by atoms with E-state index in [1.807, 2.05) is 0 Å². The average molecular weight is 256 g/mol. The molecule has 0 spiro atoms. The summed E-state index contributed by atoms with van der Waals surface area (Å²) in [5, 5.41) is 8.38. The molecule has 1 aromatic rings. The third-order valence-corrected chi connectivity index (χ3v) is 1.71. The van der Waals surface area contributed by atoms with Gasteiger partial charge in [-0.05, 0) is 19.9 Å². The van der Waals surface area contributed by atoms with Gasteiger partial charge in [-0.25, -0.2) is 4.39 Å². The van der Waals surface area contributed by atoms with Gasteiger partial charge in [-0.3, -0.25) is 0 Å². The Morgan fingerprint density at radius 3 is 1.88 bits per heavy atom. The van der Waals surface area contributed by atoms with Crippen LogP contribution in [-0.4, -0.2) is 7.25 Å². The largest absolute Gasteiger partial charge is 0.673 e. The van der Waals surface area contributed by atoms with Crippen molar-refractivity contribution in [1.82, 2.24) is 0 Å². The highest BCUT2D eigenvalue weighted by Gasteiger charge is 2.22. The lowest BCUT2D eigenvalue weighted by atomic mass is 10.1. The first-order chi connectivity index (χ1) is 7.57. The third-order valence-electron chi connectivity index (χ3n) is 1.71. The Hall–Kier alpha value is -1.72. The van der Waals surface area contributed by atoms with Crippen LogP contribution >= 0.6 is 0 Å². The monoisotopic (exact) mass is 256 g/mol. The molecular formula is C8H7BF6N2. The van der Waals surface area contributed by atoms with E-state index in [0.29, 0.717) is 0 Å². The number of rotatable bonds is 0. The van der Waals surface area contributed by atoms with Crippen molar-refractivity contribution in [3.8, 4) is 0 Å². The average Bonchev–Trinajstić information content (AvgIpc) is 2.12. The van der Waals surface area contributed by atoms with Gasteiger partial charge in [0.05, 0.1) is 5.56 Å². The van der Waals surface area contributed by atoms with Crippen molar-refractivity contribution in [3.63, 3.8) is 0 Å². The molecule has 0 radical (unpaired) electrons. The Kier molecular flexibility index (Phi) is 5.00. The van der Waals surface area contributed by atoms with Gasteiger partial charge >= 0.3 is 12.9 Å². The quantitative estimate of drug-likeness (QED) is 0.385. The molecule has 1 rings (SSSR count). The van der Waals surface area contributed by atoms with Crippen LogP contribution in [-0.2, 0) is 0 Å². The molecule has 0 aliphatic heterocycles. The highest BCUT2D eigenvalue weighted by atomic mass is 19.5. The minimum atomic E-state index is -6.00. The van der Waals surface area contributed by atoms with Gasteiger partial charge < -0.3 is 17.3 Å². The van der Waals surface area contributed by atoms with E-state index < -0.39 is 18.9 Å². The molecule has 0 amide bonds. The molecule has 94 valence electrons. The minimum absolute atomic E-state index is 0.131. The van der Waals surface area contributed by atoms with E-state index in [2.05, 4.69) is 4.98 Å². The Labute approximate surface area is 93.0 Å². The zero-order valence-corrected chi connectivity index (χ0v) is 8.82. The van der Waals surface area contributed by atoms with E-state index in [1.54, 1.807) is 0 Å². The van der Waals surface area contributed by atoms with Crippen LogP contribution in [0.25, 0.3) is 4.98 Å². The maximum absolute atomic E-state index is 13.0. The van der Waals surface area contributed by atoms with Crippen LogP contribution in [0.15, 0.2) is 6.07 Å². The number of hydrogen-bond acceptors (Lipinski definition) is 1. The van der Waals surface area contributed by atoms with Crippen LogP contribution in [0.5, 0.6) is 0 Å². The molecule has 2 nitrogen and oxygen atoms in total. The fourth-order valence-corrected chi connectivity index (χ4v) is 0.945. The number of nitrogens with zero attached hydrogens (tertiary/aromatic N) is 2. The number of halogens is 6. The molecule has 1 aromatic carbocycles. The van der Waals surface area contributed by atoms with Crippen molar-refractivity contribution < 1.29 is 26.0 Å². The molecule has 0 aliphatic carbocycles. The minimum Gasteiger partial charge on any atom is -0.418 e. The summed E-state index contributed by atoms with van der Waals surface area (Å²) in [6, 6.07) is 1.13. The van der Waals surface area contributed by atoms with Gasteiger partial charge in [0.1, 0.15) is 5.82 Å². The van der Waals surface area contributed by atoms with E-state index in [-0.39, 0.29) is 16.8 Å². The smallest absolute Gasteiger partial charge is 0.418 e. The molecule has 0 saturated carbocycles. The molecule has 0 aromatic heterocycles. The standard InChI is InChI=1S/C8H7F2N2.BF4/c1-4-3-6(9)5(2)7(10)8(4)12-11;2-1(3,4)5/h3H,1-2H3;/q+1;-1. The molecule has 0 unspecified atom stereocenters. The zero-order chi connectivity index (χ0) is 13.8. The van der Waals surface area contributed by atoms with Crippen LogP contribution in [0, 0.1) is 30.9 Å². The molecule has 0 heterocycles. The normalized spacial score (nSPS) is 10.3. The Bertz CT molecular complexity index is 445. The van der Waals surface area contributed by atoms with E-state index in [4.69, 9.17) is 5.39 Å². The fraction of sp³-hybridized carbons (Fsp3) is 0.250. The van der Waals surface area contributed by atoms with E-state index in [1.165, 1.54) is 13.8 Å². The molecule has 17 heavy (non-hydrogen) atoms. The summed E-state index contributed by atoms with van der Waals surface area (Å²) in [4.78, 5) is 2.73. The van der Waals surface area contributed by atoms with Crippen LogP contribution in [0.3, 0.4) is 0 Å². The van der Waals surface area contributed by atoms with Gasteiger partial charge in [0.15, 0.2) is 4.98 Å². The predicted octanol–water partition coefficient (Wildman–Crippen LogP) is 4.37. The zero-order valence-electron chi connectivity index (χ0n) is 8.82. The molecule has 0 fully saturated rings. The van der Waals surface area contributed by atoms with Crippen molar-refractivity contribution in [2.24, 2.45) is 0 Å². The summed E-state index contributed by atoms with van der Waals surface area (Å²) in [6.07, 6.45) is 0. The summed E-state index contributed by atoms with van der Waals surface area (Å²) >= 11 is 0. The SMILES string of the molecule is Cc1cc(F)c(C)c(F)c1[N+]#N.F[B-](F)(F)F. The Morgan fingerprint density at radius 1 is 1.12 bits per heavy atom. The fourth-order valence-electron chi connectivity index (χ4n) is 0.945. The molecule has 0 bridgehead atoms. The molecular weight excluding hydrogens is 249 g/mol.